The first kappa shape index (κ1) is 16.5. The lowest BCUT2D eigenvalue weighted by Crippen LogP contribution is -2.52. The molecule has 0 radical (unpaired) electrons. The molecule has 21 heavy (non-hydrogen) atoms. The van der Waals surface area contributed by atoms with Gasteiger partial charge in [0.2, 0.25) is 5.91 Å². The molecule has 0 bridgehead atoms. The summed E-state index contributed by atoms with van der Waals surface area (Å²) in [7, 11) is 0. The quantitative estimate of drug-likeness (QED) is 0.751. The number of amides is 2. The molecule has 0 fully saturated rings. The van der Waals surface area contributed by atoms with Gasteiger partial charge in [0.25, 0.3) is 0 Å². The molecule has 3 N–H and O–H groups in total. The maximum Gasteiger partial charge on any atom is 0.408 e. The minimum atomic E-state index is -1.16. The molecule has 0 aliphatic rings. The van der Waals surface area contributed by atoms with Gasteiger partial charge in [0.15, 0.2) is 0 Å². The second-order valence-corrected chi connectivity index (χ2v) is 4.40. The van der Waals surface area contributed by atoms with Crippen molar-refractivity contribution in [3.05, 3.63) is 35.9 Å². The lowest BCUT2D eigenvalue weighted by Gasteiger charge is -2.21. The Balaban J connectivity index is 2.52. The van der Waals surface area contributed by atoms with Gasteiger partial charge >= 0.3 is 12.1 Å². The number of ether oxygens (including phenoxy) is 2. The van der Waals surface area contributed by atoms with E-state index >= 15 is 0 Å². The fourth-order valence-corrected chi connectivity index (χ4v) is 1.64. The van der Waals surface area contributed by atoms with Crippen LogP contribution in [0.1, 0.15) is 19.4 Å². The molecule has 1 aromatic rings. The zero-order valence-corrected chi connectivity index (χ0v) is 11.9. The lowest BCUT2D eigenvalue weighted by atomic mass is 10.2. The smallest absolute Gasteiger partial charge is 0.408 e. The first-order chi connectivity index (χ1) is 9.90. The van der Waals surface area contributed by atoms with Crippen LogP contribution >= 0.6 is 0 Å². The van der Waals surface area contributed by atoms with Crippen molar-refractivity contribution in [1.82, 2.24) is 5.32 Å². The number of alkyl carbamates (subject to hydrolysis) is 1. The lowest BCUT2D eigenvalue weighted by molar-refractivity contribution is -0.148. The predicted octanol–water partition coefficient (Wildman–Crippen LogP) is 0.718. The van der Waals surface area contributed by atoms with Crippen molar-refractivity contribution in [2.45, 2.75) is 32.6 Å². The number of primary amides is 1. The second-order valence-electron chi connectivity index (χ2n) is 4.40. The molecule has 0 aliphatic carbocycles. The first-order valence-electron chi connectivity index (χ1n) is 6.34. The van der Waals surface area contributed by atoms with Crippen LogP contribution in [0.3, 0.4) is 0 Å². The van der Waals surface area contributed by atoms with Gasteiger partial charge in [-0.15, -0.1) is 0 Å². The molecular formula is C14H18N2O5. The molecule has 0 aliphatic heterocycles. The zero-order chi connectivity index (χ0) is 15.8. The highest BCUT2D eigenvalue weighted by atomic mass is 16.6. The third-order valence-corrected chi connectivity index (χ3v) is 2.61. The predicted molar refractivity (Wildman–Crippen MR) is 74.0 cm³/mol. The Bertz CT molecular complexity index is 503. The van der Waals surface area contributed by atoms with Crippen LogP contribution in [0.25, 0.3) is 0 Å². The van der Waals surface area contributed by atoms with Gasteiger partial charge in [0.05, 0.1) is 0 Å². The highest BCUT2D eigenvalue weighted by molar-refractivity contribution is 5.85. The van der Waals surface area contributed by atoms with Crippen molar-refractivity contribution in [3.8, 4) is 0 Å². The van der Waals surface area contributed by atoms with Gasteiger partial charge < -0.3 is 20.5 Å². The zero-order valence-electron chi connectivity index (χ0n) is 11.9. The van der Waals surface area contributed by atoms with Crippen LogP contribution in [-0.2, 0) is 25.7 Å². The highest BCUT2D eigenvalue weighted by Crippen LogP contribution is 2.03. The highest BCUT2D eigenvalue weighted by Gasteiger charge is 2.27. The van der Waals surface area contributed by atoms with Crippen LogP contribution in [0, 0.1) is 0 Å². The molecule has 1 aromatic carbocycles. The van der Waals surface area contributed by atoms with E-state index in [1.807, 2.05) is 18.2 Å². The van der Waals surface area contributed by atoms with E-state index in [0.29, 0.717) is 0 Å². The Morgan fingerprint density at radius 1 is 1.24 bits per heavy atom. The van der Waals surface area contributed by atoms with Gasteiger partial charge in [-0.05, 0) is 12.5 Å². The monoisotopic (exact) mass is 294 g/mol. The Morgan fingerprint density at radius 3 is 2.38 bits per heavy atom. The Morgan fingerprint density at radius 2 is 1.86 bits per heavy atom. The average Bonchev–Trinajstić information content (AvgIpc) is 2.42. The van der Waals surface area contributed by atoms with Crippen LogP contribution < -0.4 is 11.1 Å². The maximum absolute atomic E-state index is 11.6. The van der Waals surface area contributed by atoms with E-state index in [1.54, 1.807) is 12.1 Å². The van der Waals surface area contributed by atoms with Crippen LogP contribution in [-0.4, -0.2) is 30.1 Å². The summed E-state index contributed by atoms with van der Waals surface area (Å²) in [5.74, 6) is -1.39. The standard InChI is InChI=1S/C14H18N2O5/c1-9(21-10(2)17)12(13(15)18)16-14(19)20-8-11-6-4-3-5-7-11/h3-7,9,12H,8H2,1-2H3,(H2,15,18)(H,16,19). The van der Waals surface area contributed by atoms with E-state index in [4.69, 9.17) is 15.2 Å². The first-order valence-corrected chi connectivity index (χ1v) is 6.34. The van der Waals surface area contributed by atoms with Gasteiger partial charge in [-0.2, -0.15) is 0 Å². The molecule has 2 amide bonds. The maximum atomic E-state index is 11.6. The van der Waals surface area contributed by atoms with Crippen molar-refractivity contribution >= 4 is 18.0 Å². The minimum Gasteiger partial charge on any atom is -0.460 e. The number of nitrogens with two attached hydrogens (primary N) is 1. The van der Waals surface area contributed by atoms with Gasteiger partial charge in [-0.25, -0.2) is 4.79 Å². The Kier molecular flexibility index (Phi) is 6.19. The normalized spacial score (nSPS) is 12.9. The molecule has 2 unspecified atom stereocenters. The van der Waals surface area contributed by atoms with Crippen LogP contribution in [0.4, 0.5) is 4.79 Å². The van der Waals surface area contributed by atoms with E-state index in [0.717, 1.165) is 5.56 Å². The number of carbonyl (C=O) groups is 3. The number of esters is 1. The van der Waals surface area contributed by atoms with Gasteiger partial charge in [-0.3, -0.25) is 9.59 Å². The van der Waals surface area contributed by atoms with E-state index < -0.39 is 30.1 Å². The number of hydrogen-bond acceptors (Lipinski definition) is 5. The summed E-state index contributed by atoms with van der Waals surface area (Å²) in [4.78, 5) is 33.8. The molecule has 0 heterocycles. The van der Waals surface area contributed by atoms with Crippen molar-refractivity contribution < 1.29 is 23.9 Å². The van der Waals surface area contributed by atoms with Crippen molar-refractivity contribution in [2.75, 3.05) is 0 Å². The van der Waals surface area contributed by atoms with Gasteiger partial charge in [-0.1, -0.05) is 30.3 Å². The second kappa shape index (κ2) is 7.88. The topological polar surface area (TPSA) is 108 Å². The van der Waals surface area contributed by atoms with Crippen molar-refractivity contribution in [2.24, 2.45) is 5.73 Å². The van der Waals surface area contributed by atoms with E-state index in [-0.39, 0.29) is 6.61 Å². The number of hydrogen-bond donors (Lipinski definition) is 2. The number of nitrogens with one attached hydrogen (secondary N) is 1. The summed E-state index contributed by atoms with van der Waals surface area (Å²) in [6.45, 7) is 2.71. The Labute approximate surface area is 122 Å². The molecule has 7 heteroatoms. The molecule has 7 nitrogen and oxygen atoms in total. The van der Waals surface area contributed by atoms with Gasteiger partial charge in [0, 0.05) is 6.92 Å². The van der Waals surface area contributed by atoms with Crippen LogP contribution in [0.15, 0.2) is 30.3 Å². The van der Waals surface area contributed by atoms with Gasteiger partial charge in [0.1, 0.15) is 18.8 Å². The number of benzene rings is 1. The molecule has 1 rings (SSSR count). The minimum absolute atomic E-state index is 0.0557. The number of carbonyl (C=O) groups excluding carboxylic acids is 3. The largest absolute Gasteiger partial charge is 0.460 e. The fraction of sp³-hybridized carbons (Fsp3) is 0.357. The summed E-state index contributed by atoms with van der Waals surface area (Å²) < 4.78 is 9.79. The molecule has 2 atom stereocenters. The summed E-state index contributed by atoms with van der Waals surface area (Å²) in [6.07, 6.45) is -1.70. The molecule has 0 spiro atoms. The van der Waals surface area contributed by atoms with Crippen molar-refractivity contribution in [1.29, 1.82) is 0 Å². The molecule has 0 aromatic heterocycles. The molecular weight excluding hydrogens is 276 g/mol. The third kappa shape index (κ3) is 5.94. The molecule has 114 valence electrons. The molecule has 0 saturated carbocycles. The Hall–Kier alpha value is -2.57. The SMILES string of the molecule is CC(=O)OC(C)C(NC(=O)OCc1ccccc1)C(N)=O. The van der Waals surface area contributed by atoms with E-state index in [2.05, 4.69) is 5.32 Å². The summed E-state index contributed by atoms with van der Waals surface area (Å²) in [5.41, 5.74) is 5.97. The van der Waals surface area contributed by atoms with Crippen LogP contribution in [0.5, 0.6) is 0 Å². The van der Waals surface area contributed by atoms with Crippen LogP contribution in [0.2, 0.25) is 0 Å². The van der Waals surface area contributed by atoms with E-state index in [9.17, 15) is 14.4 Å². The number of rotatable bonds is 6. The summed E-state index contributed by atoms with van der Waals surface area (Å²) in [6, 6.07) is 7.89. The summed E-state index contributed by atoms with van der Waals surface area (Å²) >= 11 is 0. The van der Waals surface area contributed by atoms with Crippen molar-refractivity contribution in [3.63, 3.8) is 0 Å². The fourth-order valence-electron chi connectivity index (χ4n) is 1.64. The third-order valence-electron chi connectivity index (χ3n) is 2.61. The average molecular weight is 294 g/mol. The van der Waals surface area contributed by atoms with E-state index in [1.165, 1.54) is 13.8 Å². The summed E-state index contributed by atoms with van der Waals surface area (Å²) in [5, 5.41) is 2.28. The molecule has 0 saturated heterocycles.